The van der Waals surface area contributed by atoms with Gasteiger partial charge >= 0.3 is 0 Å². The number of Topliss-reactive ketones (excluding diaryl/α,β-unsaturated/α-hetero) is 1. The van der Waals surface area contributed by atoms with Crippen LogP contribution in [0.5, 0.6) is 0 Å². The highest BCUT2D eigenvalue weighted by molar-refractivity contribution is 5.83. The predicted molar refractivity (Wildman–Crippen MR) is 43.1 cm³/mol. The Morgan fingerprint density at radius 3 is 2.00 bits per heavy atom. The van der Waals surface area contributed by atoms with Crippen LogP contribution in [-0.4, -0.2) is 11.3 Å². The molecule has 2 N–H and O–H groups in total. The summed E-state index contributed by atoms with van der Waals surface area (Å²) < 4.78 is 0. The summed E-state index contributed by atoms with van der Waals surface area (Å²) >= 11 is 0. The number of nitrogens with two attached hydrogens (primary N) is 1. The van der Waals surface area contributed by atoms with E-state index in [9.17, 15) is 4.79 Å². The lowest BCUT2D eigenvalue weighted by molar-refractivity contribution is -0.126. The van der Waals surface area contributed by atoms with Crippen molar-refractivity contribution in [2.45, 2.75) is 44.6 Å². The molecule has 0 amide bonds. The lowest BCUT2D eigenvalue weighted by Crippen LogP contribution is -2.33. The minimum atomic E-state index is 0.00868. The molecule has 2 aliphatic rings. The highest BCUT2D eigenvalue weighted by atomic mass is 16.1. The van der Waals surface area contributed by atoms with Crippen LogP contribution in [0.1, 0.15) is 39.0 Å². The molecule has 0 aromatic heterocycles. The largest absolute Gasteiger partial charge is 0.325 e. The van der Waals surface area contributed by atoms with Gasteiger partial charge in [-0.15, -0.1) is 0 Å². The van der Waals surface area contributed by atoms with Gasteiger partial charge in [-0.1, -0.05) is 0 Å². The number of hydrogen-bond donors (Lipinski definition) is 1. The maximum atomic E-state index is 11.3. The Morgan fingerprint density at radius 2 is 1.82 bits per heavy atom. The highest BCUT2D eigenvalue weighted by Crippen LogP contribution is 2.55. The second-order valence-electron chi connectivity index (χ2n) is 4.38. The lowest BCUT2D eigenvalue weighted by Gasteiger charge is -2.23. The van der Waals surface area contributed by atoms with E-state index in [1.807, 2.05) is 0 Å². The molecule has 2 nitrogen and oxygen atoms in total. The van der Waals surface area contributed by atoms with Crippen molar-refractivity contribution in [3.05, 3.63) is 0 Å². The summed E-state index contributed by atoms with van der Waals surface area (Å²) in [6.45, 7) is 1.72. The number of fused-ring (bicyclic) bond motifs is 2. The second-order valence-corrected chi connectivity index (χ2v) is 4.38. The monoisotopic (exact) mass is 153 g/mol. The molecular formula is C9H15NO. The predicted octanol–water partition coefficient (Wildman–Crippen LogP) is 1.24. The molecule has 0 heterocycles. The maximum absolute atomic E-state index is 11.3. The molecule has 0 aliphatic heterocycles. The van der Waals surface area contributed by atoms with Crippen molar-refractivity contribution in [3.8, 4) is 0 Å². The number of carbonyl (C=O) groups excluding carboxylic acids is 1. The molecule has 2 fully saturated rings. The Bertz CT molecular complexity index is 202. The van der Waals surface area contributed by atoms with Crippen molar-refractivity contribution in [2.24, 2.45) is 11.1 Å². The molecule has 2 bridgehead atoms. The molecule has 0 spiro atoms. The molecule has 62 valence electrons. The summed E-state index contributed by atoms with van der Waals surface area (Å²) in [5.74, 6) is 0.363. The summed E-state index contributed by atoms with van der Waals surface area (Å²) in [6, 6.07) is 0. The van der Waals surface area contributed by atoms with Crippen molar-refractivity contribution >= 4 is 5.78 Å². The SMILES string of the molecule is CC(=O)C12CCC(N)(CC1)C2. The first-order valence-corrected chi connectivity index (χ1v) is 4.36. The van der Waals surface area contributed by atoms with Gasteiger partial charge in [0.15, 0.2) is 0 Å². The van der Waals surface area contributed by atoms with Gasteiger partial charge in [-0.2, -0.15) is 0 Å². The smallest absolute Gasteiger partial charge is 0.136 e. The lowest BCUT2D eigenvalue weighted by atomic mass is 9.81. The third-order valence-electron chi connectivity index (χ3n) is 3.64. The minimum Gasteiger partial charge on any atom is -0.325 e. The molecule has 0 saturated heterocycles. The number of carbonyl (C=O) groups is 1. The van der Waals surface area contributed by atoms with Crippen LogP contribution in [0, 0.1) is 5.41 Å². The number of hydrogen-bond acceptors (Lipinski definition) is 2. The van der Waals surface area contributed by atoms with E-state index in [0.29, 0.717) is 5.78 Å². The molecule has 2 saturated carbocycles. The van der Waals surface area contributed by atoms with Gasteiger partial charge in [0, 0.05) is 11.0 Å². The summed E-state index contributed by atoms with van der Waals surface area (Å²) in [4.78, 5) is 11.3. The fourth-order valence-corrected chi connectivity index (χ4v) is 2.73. The Hall–Kier alpha value is -0.370. The van der Waals surface area contributed by atoms with E-state index in [4.69, 9.17) is 5.73 Å². The third kappa shape index (κ3) is 0.853. The van der Waals surface area contributed by atoms with Crippen LogP contribution in [0.15, 0.2) is 0 Å². The van der Waals surface area contributed by atoms with Crippen molar-refractivity contribution in [2.75, 3.05) is 0 Å². The van der Waals surface area contributed by atoms with Crippen molar-refractivity contribution < 1.29 is 4.79 Å². The molecule has 0 unspecified atom stereocenters. The van der Waals surface area contributed by atoms with E-state index < -0.39 is 0 Å². The molecular weight excluding hydrogens is 138 g/mol. The van der Waals surface area contributed by atoms with E-state index in [-0.39, 0.29) is 11.0 Å². The molecule has 0 aromatic carbocycles. The summed E-state index contributed by atoms with van der Waals surface area (Å²) in [7, 11) is 0. The average Bonchev–Trinajstić information content (AvgIpc) is 2.42. The fourth-order valence-electron chi connectivity index (χ4n) is 2.73. The molecule has 0 atom stereocenters. The van der Waals surface area contributed by atoms with E-state index in [2.05, 4.69) is 0 Å². The summed E-state index contributed by atoms with van der Waals surface area (Å²) in [5.41, 5.74) is 6.11. The van der Waals surface area contributed by atoms with E-state index in [1.165, 1.54) is 0 Å². The molecule has 2 rings (SSSR count). The first-order valence-electron chi connectivity index (χ1n) is 4.36. The molecule has 0 aromatic rings. The van der Waals surface area contributed by atoms with Gasteiger partial charge in [0.25, 0.3) is 0 Å². The molecule has 2 aliphatic carbocycles. The molecule has 11 heavy (non-hydrogen) atoms. The number of rotatable bonds is 1. The molecule has 2 heteroatoms. The van der Waals surface area contributed by atoms with Crippen LogP contribution in [0.2, 0.25) is 0 Å². The Kier molecular flexibility index (Phi) is 1.23. The highest BCUT2D eigenvalue weighted by Gasteiger charge is 2.54. The zero-order chi connectivity index (χ0) is 8.11. The summed E-state index contributed by atoms with van der Waals surface area (Å²) in [6.07, 6.45) is 5.16. The molecule has 0 radical (unpaired) electrons. The quantitative estimate of drug-likeness (QED) is 0.615. The standard InChI is InChI=1S/C9H15NO/c1-7(11)8-2-4-9(10,6-8)5-3-8/h2-6,10H2,1H3. The van der Waals surface area contributed by atoms with Crippen molar-refractivity contribution in [3.63, 3.8) is 0 Å². The van der Waals surface area contributed by atoms with Gasteiger partial charge in [0.05, 0.1) is 0 Å². The summed E-state index contributed by atoms with van der Waals surface area (Å²) in [5, 5.41) is 0. The van der Waals surface area contributed by atoms with Crippen LogP contribution in [0.25, 0.3) is 0 Å². The van der Waals surface area contributed by atoms with E-state index in [1.54, 1.807) is 6.92 Å². The van der Waals surface area contributed by atoms with E-state index >= 15 is 0 Å². The van der Waals surface area contributed by atoms with Crippen LogP contribution in [-0.2, 0) is 4.79 Å². The maximum Gasteiger partial charge on any atom is 0.136 e. The van der Waals surface area contributed by atoms with Gasteiger partial charge < -0.3 is 5.73 Å². The first-order chi connectivity index (χ1) is 5.06. The average molecular weight is 153 g/mol. The van der Waals surface area contributed by atoms with Crippen LogP contribution >= 0.6 is 0 Å². The van der Waals surface area contributed by atoms with Gasteiger partial charge in [0.1, 0.15) is 5.78 Å². The zero-order valence-corrected chi connectivity index (χ0v) is 7.02. The van der Waals surface area contributed by atoms with Gasteiger partial charge in [-0.05, 0) is 39.0 Å². The Labute approximate surface area is 67.1 Å². The van der Waals surface area contributed by atoms with Crippen LogP contribution in [0.3, 0.4) is 0 Å². The van der Waals surface area contributed by atoms with Crippen LogP contribution in [0.4, 0.5) is 0 Å². The number of ketones is 1. The minimum absolute atomic E-state index is 0.00868. The topological polar surface area (TPSA) is 43.1 Å². The zero-order valence-electron chi connectivity index (χ0n) is 7.02. The van der Waals surface area contributed by atoms with E-state index in [0.717, 1.165) is 32.1 Å². The third-order valence-corrected chi connectivity index (χ3v) is 3.64. The Morgan fingerprint density at radius 1 is 1.27 bits per heavy atom. The fraction of sp³-hybridized carbons (Fsp3) is 0.889. The van der Waals surface area contributed by atoms with Gasteiger partial charge in [0.2, 0.25) is 0 Å². The van der Waals surface area contributed by atoms with Gasteiger partial charge in [-0.25, -0.2) is 0 Å². The first kappa shape index (κ1) is 7.29. The Balaban J connectivity index is 2.27. The normalized spacial score (nSPS) is 48.2. The second kappa shape index (κ2) is 1.86. The van der Waals surface area contributed by atoms with Gasteiger partial charge in [-0.3, -0.25) is 4.79 Å². The van der Waals surface area contributed by atoms with Crippen molar-refractivity contribution in [1.82, 2.24) is 0 Å². The van der Waals surface area contributed by atoms with Crippen molar-refractivity contribution in [1.29, 1.82) is 0 Å². The van der Waals surface area contributed by atoms with Crippen LogP contribution < -0.4 is 5.73 Å².